The van der Waals surface area contributed by atoms with Crippen LogP contribution in [0.15, 0.2) is 30.5 Å². The first-order valence-electron chi connectivity index (χ1n) is 8.62. The summed E-state index contributed by atoms with van der Waals surface area (Å²) >= 11 is 0. The minimum absolute atomic E-state index is 0.149. The highest BCUT2D eigenvalue weighted by atomic mass is 16.2. The fraction of sp³-hybridized carbons (Fsp3) is 0.474. The zero-order valence-electron chi connectivity index (χ0n) is 15.0. The zero-order chi connectivity index (χ0) is 17.3. The highest BCUT2D eigenvalue weighted by molar-refractivity contribution is 5.96. The van der Waals surface area contributed by atoms with E-state index in [4.69, 9.17) is 0 Å². The van der Waals surface area contributed by atoms with Gasteiger partial charge in [-0.05, 0) is 45.9 Å². The van der Waals surface area contributed by atoms with Crippen molar-refractivity contribution in [3.8, 4) is 0 Å². The van der Waals surface area contributed by atoms with Gasteiger partial charge in [0.25, 0.3) is 5.91 Å². The summed E-state index contributed by atoms with van der Waals surface area (Å²) < 4.78 is 2.23. The Labute approximate surface area is 143 Å². The maximum Gasteiger partial charge on any atom is 0.255 e. The molecule has 128 valence electrons. The van der Waals surface area contributed by atoms with Crippen molar-refractivity contribution in [3.63, 3.8) is 0 Å². The number of hydrogen-bond donors (Lipinski definition) is 0. The van der Waals surface area contributed by atoms with Crippen LogP contribution in [0, 0.1) is 13.8 Å². The summed E-state index contributed by atoms with van der Waals surface area (Å²) in [5, 5.41) is 0. The summed E-state index contributed by atoms with van der Waals surface area (Å²) in [5.41, 5.74) is 3.06. The monoisotopic (exact) mass is 326 g/mol. The molecule has 5 nitrogen and oxygen atoms in total. The number of hydrogen-bond acceptors (Lipinski definition) is 3. The average Bonchev–Trinajstić information content (AvgIpc) is 2.89. The van der Waals surface area contributed by atoms with Crippen LogP contribution in [0.4, 0.5) is 5.82 Å². The zero-order valence-corrected chi connectivity index (χ0v) is 15.0. The molecular weight excluding hydrogens is 300 g/mol. The van der Waals surface area contributed by atoms with E-state index in [1.165, 1.54) is 0 Å². The number of nitrogens with zero attached hydrogens (tertiary/aromatic N) is 4. The van der Waals surface area contributed by atoms with Crippen LogP contribution in [-0.4, -0.2) is 46.5 Å². The Bertz CT molecular complexity index is 712. The Hall–Kier alpha value is -2.30. The van der Waals surface area contributed by atoms with Gasteiger partial charge in [-0.2, -0.15) is 0 Å². The van der Waals surface area contributed by atoms with Crippen molar-refractivity contribution in [1.29, 1.82) is 0 Å². The molecule has 0 aromatic carbocycles. The van der Waals surface area contributed by atoms with Gasteiger partial charge in [0.15, 0.2) is 0 Å². The van der Waals surface area contributed by atoms with Crippen molar-refractivity contribution >= 4 is 11.7 Å². The molecule has 2 aromatic heterocycles. The highest BCUT2D eigenvalue weighted by Crippen LogP contribution is 2.22. The summed E-state index contributed by atoms with van der Waals surface area (Å²) in [6.45, 7) is 11.5. The van der Waals surface area contributed by atoms with E-state index >= 15 is 0 Å². The van der Waals surface area contributed by atoms with Crippen LogP contribution in [0.25, 0.3) is 0 Å². The number of piperazine rings is 1. The van der Waals surface area contributed by atoms with Gasteiger partial charge in [-0.1, -0.05) is 6.07 Å². The number of carbonyl (C=O) groups excluding carboxylic acids is 1. The first-order valence-corrected chi connectivity index (χ1v) is 8.62. The fourth-order valence-corrected chi connectivity index (χ4v) is 3.64. The predicted molar refractivity (Wildman–Crippen MR) is 96.6 cm³/mol. The smallest absolute Gasteiger partial charge is 0.255 e. The molecule has 24 heavy (non-hydrogen) atoms. The SMILES string of the molecule is Cc1cc(C(=O)N2CCN(c3ccccn3)CC2)c(C)n1C(C)C. The molecule has 3 rings (SSSR count). The van der Waals surface area contributed by atoms with E-state index in [0.717, 1.165) is 48.9 Å². The van der Waals surface area contributed by atoms with Crippen LogP contribution >= 0.6 is 0 Å². The molecule has 0 saturated carbocycles. The molecule has 1 fully saturated rings. The largest absolute Gasteiger partial charge is 0.353 e. The number of aromatic nitrogens is 2. The molecule has 1 amide bonds. The maximum absolute atomic E-state index is 12.9. The van der Waals surface area contributed by atoms with Gasteiger partial charge >= 0.3 is 0 Å². The minimum atomic E-state index is 0.149. The van der Waals surface area contributed by atoms with Crippen LogP contribution in [0.1, 0.15) is 41.6 Å². The maximum atomic E-state index is 12.9. The average molecular weight is 326 g/mol. The van der Waals surface area contributed by atoms with Gasteiger partial charge in [-0.3, -0.25) is 4.79 Å². The normalized spacial score (nSPS) is 15.2. The summed E-state index contributed by atoms with van der Waals surface area (Å²) in [4.78, 5) is 21.5. The lowest BCUT2D eigenvalue weighted by molar-refractivity contribution is 0.0745. The number of aryl methyl sites for hydroxylation is 1. The molecule has 0 aliphatic carbocycles. The van der Waals surface area contributed by atoms with E-state index in [0.29, 0.717) is 6.04 Å². The quantitative estimate of drug-likeness (QED) is 0.870. The summed E-state index contributed by atoms with van der Waals surface area (Å²) in [6.07, 6.45) is 1.81. The Morgan fingerprint density at radius 3 is 2.38 bits per heavy atom. The number of rotatable bonds is 3. The van der Waals surface area contributed by atoms with Crippen molar-refractivity contribution in [3.05, 3.63) is 47.4 Å². The van der Waals surface area contributed by atoms with Gasteiger partial charge in [0.05, 0.1) is 5.56 Å². The summed E-state index contributed by atoms with van der Waals surface area (Å²) in [7, 11) is 0. The first kappa shape index (κ1) is 16.6. The van der Waals surface area contributed by atoms with Gasteiger partial charge in [-0.15, -0.1) is 0 Å². The molecule has 1 aliphatic heterocycles. The van der Waals surface area contributed by atoms with E-state index < -0.39 is 0 Å². The fourth-order valence-electron chi connectivity index (χ4n) is 3.64. The lowest BCUT2D eigenvalue weighted by atomic mass is 10.2. The molecule has 2 aromatic rings. The van der Waals surface area contributed by atoms with E-state index in [1.54, 1.807) is 0 Å². The number of carbonyl (C=O) groups is 1. The van der Waals surface area contributed by atoms with Crippen molar-refractivity contribution in [1.82, 2.24) is 14.5 Å². The van der Waals surface area contributed by atoms with Crippen molar-refractivity contribution in [2.24, 2.45) is 0 Å². The third-order valence-electron chi connectivity index (χ3n) is 4.77. The second kappa shape index (κ2) is 6.67. The van der Waals surface area contributed by atoms with Crippen LogP contribution in [0.3, 0.4) is 0 Å². The molecule has 1 aliphatic rings. The Morgan fingerprint density at radius 2 is 1.83 bits per heavy atom. The summed E-state index contributed by atoms with van der Waals surface area (Å²) in [6, 6.07) is 8.35. The molecule has 5 heteroatoms. The molecular formula is C19H26N4O. The number of pyridine rings is 1. The number of anilines is 1. The first-order chi connectivity index (χ1) is 11.5. The van der Waals surface area contributed by atoms with Gasteiger partial charge in [0, 0.05) is 49.8 Å². The van der Waals surface area contributed by atoms with E-state index in [1.807, 2.05) is 42.3 Å². The Kier molecular flexibility index (Phi) is 4.60. The van der Waals surface area contributed by atoms with Gasteiger partial charge in [0.1, 0.15) is 5.82 Å². The summed E-state index contributed by atoms with van der Waals surface area (Å²) in [5.74, 6) is 1.14. The molecule has 1 saturated heterocycles. The third-order valence-corrected chi connectivity index (χ3v) is 4.77. The molecule has 0 unspecified atom stereocenters. The highest BCUT2D eigenvalue weighted by Gasteiger charge is 2.25. The standard InChI is InChI=1S/C19H26N4O/c1-14(2)23-15(3)13-17(16(23)4)19(24)22-11-9-21(10-12-22)18-7-5-6-8-20-18/h5-8,13-14H,9-12H2,1-4H3. The van der Waals surface area contributed by atoms with Crippen molar-refractivity contribution < 1.29 is 4.79 Å². The van der Waals surface area contributed by atoms with Crippen molar-refractivity contribution in [2.45, 2.75) is 33.7 Å². The topological polar surface area (TPSA) is 41.4 Å². The Morgan fingerprint density at radius 1 is 1.12 bits per heavy atom. The van der Waals surface area contributed by atoms with E-state index in [2.05, 4.69) is 35.2 Å². The second-order valence-corrected chi connectivity index (χ2v) is 6.72. The lowest BCUT2D eigenvalue weighted by Crippen LogP contribution is -2.49. The van der Waals surface area contributed by atoms with E-state index in [-0.39, 0.29) is 5.91 Å². The molecule has 0 spiro atoms. The third kappa shape index (κ3) is 3.03. The lowest BCUT2D eigenvalue weighted by Gasteiger charge is -2.35. The second-order valence-electron chi connectivity index (χ2n) is 6.72. The van der Waals surface area contributed by atoms with Gasteiger partial charge in [-0.25, -0.2) is 4.98 Å². The van der Waals surface area contributed by atoms with Crippen LogP contribution in [0.5, 0.6) is 0 Å². The van der Waals surface area contributed by atoms with E-state index in [9.17, 15) is 4.79 Å². The molecule has 0 radical (unpaired) electrons. The van der Waals surface area contributed by atoms with Crippen LogP contribution in [0.2, 0.25) is 0 Å². The van der Waals surface area contributed by atoms with Crippen LogP contribution in [-0.2, 0) is 0 Å². The predicted octanol–water partition coefficient (Wildman–Crippen LogP) is 3.04. The Balaban J connectivity index is 1.71. The molecule has 0 atom stereocenters. The molecule has 3 heterocycles. The minimum Gasteiger partial charge on any atom is -0.353 e. The van der Waals surface area contributed by atoms with Crippen molar-refractivity contribution in [2.75, 3.05) is 31.1 Å². The van der Waals surface area contributed by atoms with Crippen LogP contribution < -0.4 is 4.90 Å². The number of amides is 1. The molecule has 0 bridgehead atoms. The molecule has 0 N–H and O–H groups in total. The van der Waals surface area contributed by atoms with Gasteiger partial charge in [0.2, 0.25) is 0 Å². The van der Waals surface area contributed by atoms with Gasteiger partial charge < -0.3 is 14.4 Å².